The summed E-state index contributed by atoms with van der Waals surface area (Å²) in [4.78, 5) is 14.8. The molecule has 138 valence electrons. The first-order chi connectivity index (χ1) is 12.6. The molecule has 1 aliphatic heterocycles. The van der Waals surface area contributed by atoms with E-state index in [2.05, 4.69) is 36.2 Å². The Morgan fingerprint density at radius 2 is 1.81 bits per heavy atom. The Labute approximate surface area is 156 Å². The van der Waals surface area contributed by atoms with Crippen molar-refractivity contribution < 1.29 is 9.53 Å². The second-order valence-electron chi connectivity index (χ2n) is 7.30. The van der Waals surface area contributed by atoms with E-state index in [1.807, 2.05) is 42.5 Å². The zero-order valence-electron chi connectivity index (χ0n) is 15.7. The van der Waals surface area contributed by atoms with Crippen LogP contribution in [0.1, 0.15) is 24.2 Å². The number of carbonyl (C=O) groups is 1. The molecule has 0 aromatic heterocycles. The summed E-state index contributed by atoms with van der Waals surface area (Å²) in [5, 5.41) is 3.01. The zero-order chi connectivity index (χ0) is 18.4. The van der Waals surface area contributed by atoms with Crippen LogP contribution in [0.3, 0.4) is 0 Å². The van der Waals surface area contributed by atoms with Crippen LogP contribution in [0.5, 0.6) is 0 Å². The Kier molecular flexibility index (Phi) is 6.42. The predicted octanol–water partition coefficient (Wildman–Crippen LogP) is 3.44. The van der Waals surface area contributed by atoms with Gasteiger partial charge in [0.15, 0.2) is 0 Å². The molecule has 4 heteroatoms. The number of rotatable bonds is 6. The summed E-state index contributed by atoms with van der Waals surface area (Å²) in [7, 11) is 0. The molecular formula is C22H28N2O2. The molecule has 0 aliphatic carbocycles. The Morgan fingerprint density at radius 1 is 1.12 bits per heavy atom. The number of hydrogen-bond acceptors (Lipinski definition) is 3. The van der Waals surface area contributed by atoms with Gasteiger partial charge in [0.2, 0.25) is 0 Å². The highest BCUT2D eigenvalue weighted by molar-refractivity contribution is 5.94. The molecule has 4 nitrogen and oxygen atoms in total. The van der Waals surface area contributed by atoms with E-state index in [-0.39, 0.29) is 12.0 Å². The third-order valence-electron chi connectivity index (χ3n) is 4.59. The van der Waals surface area contributed by atoms with Gasteiger partial charge in [0.25, 0.3) is 5.91 Å². The predicted molar refractivity (Wildman–Crippen MR) is 105 cm³/mol. The highest BCUT2D eigenvalue weighted by Gasteiger charge is 2.21. The molecule has 2 aromatic carbocycles. The van der Waals surface area contributed by atoms with Crippen molar-refractivity contribution in [3.8, 4) is 11.1 Å². The molecule has 1 fully saturated rings. The Balaban J connectivity index is 1.52. The van der Waals surface area contributed by atoms with Gasteiger partial charge in [-0.2, -0.15) is 0 Å². The van der Waals surface area contributed by atoms with Crippen molar-refractivity contribution in [2.24, 2.45) is 5.92 Å². The molecule has 1 N–H and O–H groups in total. The topological polar surface area (TPSA) is 41.6 Å². The smallest absolute Gasteiger partial charge is 0.251 e. The number of morpholine rings is 1. The fourth-order valence-electron chi connectivity index (χ4n) is 3.34. The Morgan fingerprint density at radius 3 is 2.50 bits per heavy atom. The largest absolute Gasteiger partial charge is 0.374 e. The Hall–Kier alpha value is -2.17. The molecule has 3 rings (SSSR count). The van der Waals surface area contributed by atoms with Crippen LogP contribution in [0.25, 0.3) is 11.1 Å². The second-order valence-corrected chi connectivity index (χ2v) is 7.30. The van der Waals surface area contributed by atoms with Gasteiger partial charge in [0.05, 0.1) is 12.7 Å². The lowest BCUT2D eigenvalue weighted by Crippen LogP contribution is -2.48. The van der Waals surface area contributed by atoms with Crippen LogP contribution >= 0.6 is 0 Å². The maximum atomic E-state index is 12.4. The molecule has 0 saturated carbocycles. The van der Waals surface area contributed by atoms with Gasteiger partial charge in [0, 0.05) is 31.7 Å². The van der Waals surface area contributed by atoms with Crippen LogP contribution in [0.2, 0.25) is 0 Å². The number of nitrogens with one attached hydrogen (secondary N) is 1. The summed E-state index contributed by atoms with van der Waals surface area (Å²) in [5.74, 6) is 0.598. The quantitative estimate of drug-likeness (QED) is 0.866. The number of nitrogens with zero attached hydrogens (tertiary/aromatic N) is 1. The number of carbonyl (C=O) groups excluding carboxylic acids is 1. The normalized spacial score (nSPS) is 18.0. The lowest BCUT2D eigenvalue weighted by molar-refractivity contribution is -0.0295. The number of benzene rings is 2. The van der Waals surface area contributed by atoms with Crippen molar-refractivity contribution in [3.05, 3.63) is 60.2 Å². The van der Waals surface area contributed by atoms with Crippen LogP contribution in [-0.2, 0) is 4.74 Å². The first kappa shape index (κ1) is 18.6. The van der Waals surface area contributed by atoms with E-state index in [1.54, 1.807) is 0 Å². The van der Waals surface area contributed by atoms with E-state index in [9.17, 15) is 4.79 Å². The molecular weight excluding hydrogens is 324 g/mol. The van der Waals surface area contributed by atoms with Crippen LogP contribution in [-0.4, -0.2) is 49.7 Å². The Bertz CT molecular complexity index is 698. The van der Waals surface area contributed by atoms with E-state index >= 15 is 0 Å². The third kappa shape index (κ3) is 5.16. The SMILES string of the molecule is CC(C)CN1CCO[C@H](CNC(=O)c2ccc(-c3ccccc3)cc2)C1. The van der Waals surface area contributed by atoms with E-state index in [1.165, 1.54) is 0 Å². The van der Waals surface area contributed by atoms with E-state index in [0.717, 1.165) is 37.4 Å². The number of ether oxygens (including phenoxy) is 1. The average molecular weight is 352 g/mol. The molecule has 1 heterocycles. The lowest BCUT2D eigenvalue weighted by Gasteiger charge is -2.33. The van der Waals surface area contributed by atoms with Gasteiger partial charge in [-0.05, 0) is 29.2 Å². The molecule has 1 saturated heterocycles. The molecule has 0 bridgehead atoms. The minimum Gasteiger partial charge on any atom is -0.374 e. The lowest BCUT2D eigenvalue weighted by atomic mass is 10.0. The third-order valence-corrected chi connectivity index (χ3v) is 4.59. The highest BCUT2D eigenvalue weighted by Crippen LogP contribution is 2.19. The first-order valence-electron chi connectivity index (χ1n) is 9.39. The van der Waals surface area contributed by atoms with Gasteiger partial charge in [0.1, 0.15) is 0 Å². The molecule has 0 unspecified atom stereocenters. The standard InChI is InChI=1S/C22H28N2O2/c1-17(2)15-24-12-13-26-21(16-24)14-23-22(25)20-10-8-19(9-11-20)18-6-4-3-5-7-18/h3-11,17,21H,12-16H2,1-2H3,(H,23,25)/t21-/m1/s1. The van der Waals surface area contributed by atoms with Crippen LogP contribution in [0, 0.1) is 5.92 Å². The van der Waals surface area contributed by atoms with Gasteiger partial charge in [-0.25, -0.2) is 0 Å². The summed E-state index contributed by atoms with van der Waals surface area (Å²) in [6.07, 6.45) is 0.0649. The van der Waals surface area contributed by atoms with Gasteiger partial charge >= 0.3 is 0 Å². The van der Waals surface area contributed by atoms with Crippen molar-refractivity contribution >= 4 is 5.91 Å². The fraction of sp³-hybridized carbons (Fsp3) is 0.409. The van der Waals surface area contributed by atoms with Crippen LogP contribution in [0.15, 0.2) is 54.6 Å². The maximum Gasteiger partial charge on any atom is 0.251 e. The molecule has 26 heavy (non-hydrogen) atoms. The highest BCUT2D eigenvalue weighted by atomic mass is 16.5. The summed E-state index contributed by atoms with van der Waals surface area (Å²) in [6, 6.07) is 17.9. The second kappa shape index (κ2) is 8.97. The van der Waals surface area contributed by atoms with Crippen LogP contribution < -0.4 is 5.32 Å². The molecule has 1 amide bonds. The summed E-state index contributed by atoms with van der Waals surface area (Å²) in [6.45, 7) is 8.67. The molecule has 2 aromatic rings. The van der Waals surface area contributed by atoms with Crippen molar-refractivity contribution in [2.75, 3.05) is 32.8 Å². The van der Waals surface area contributed by atoms with Crippen molar-refractivity contribution in [1.29, 1.82) is 0 Å². The minimum absolute atomic E-state index is 0.0470. The van der Waals surface area contributed by atoms with Gasteiger partial charge in [-0.15, -0.1) is 0 Å². The van der Waals surface area contributed by atoms with Gasteiger partial charge in [-0.1, -0.05) is 56.3 Å². The molecule has 0 spiro atoms. The summed E-state index contributed by atoms with van der Waals surface area (Å²) >= 11 is 0. The zero-order valence-corrected chi connectivity index (χ0v) is 15.7. The summed E-state index contributed by atoms with van der Waals surface area (Å²) in [5.41, 5.74) is 2.95. The monoisotopic (exact) mass is 352 g/mol. The molecule has 1 aliphatic rings. The van der Waals surface area contributed by atoms with Gasteiger partial charge in [-0.3, -0.25) is 9.69 Å². The van der Waals surface area contributed by atoms with Crippen molar-refractivity contribution in [2.45, 2.75) is 20.0 Å². The van der Waals surface area contributed by atoms with E-state index < -0.39 is 0 Å². The average Bonchev–Trinajstić information content (AvgIpc) is 2.67. The van der Waals surface area contributed by atoms with Crippen molar-refractivity contribution in [3.63, 3.8) is 0 Å². The number of hydrogen-bond donors (Lipinski definition) is 1. The molecule has 0 radical (unpaired) electrons. The maximum absolute atomic E-state index is 12.4. The minimum atomic E-state index is -0.0470. The van der Waals surface area contributed by atoms with Crippen molar-refractivity contribution in [1.82, 2.24) is 10.2 Å². The number of amides is 1. The summed E-state index contributed by atoms with van der Waals surface area (Å²) < 4.78 is 5.80. The van der Waals surface area contributed by atoms with Crippen LogP contribution in [0.4, 0.5) is 0 Å². The first-order valence-corrected chi connectivity index (χ1v) is 9.39. The van der Waals surface area contributed by atoms with E-state index in [4.69, 9.17) is 4.74 Å². The van der Waals surface area contributed by atoms with Gasteiger partial charge < -0.3 is 10.1 Å². The fourth-order valence-corrected chi connectivity index (χ4v) is 3.34. The molecule has 1 atom stereocenters. The van der Waals surface area contributed by atoms with E-state index in [0.29, 0.717) is 18.0 Å².